The Hall–Kier alpha value is -2.95. The lowest BCUT2D eigenvalue weighted by molar-refractivity contribution is 0.299. The summed E-state index contributed by atoms with van der Waals surface area (Å²) in [5.41, 5.74) is 7.01. The molecule has 2 N–H and O–H groups in total. The van der Waals surface area contributed by atoms with Crippen LogP contribution < -0.4 is 5.73 Å². The maximum atomic E-state index is 6.09. The molecular formula is C17H14N4O. The van der Waals surface area contributed by atoms with Crippen molar-refractivity contribution in [2.45, 2.75) is 5.66 Å². The van der Waals surface area contributed by atoms with Crippen molar-refractivity contribution < 1.29 is 4.74 Å². The van der Waals surface area contributed by atoms with Crippen LogP contribution in [-0.2, 0) is 4.74 Å². The Labute approximate surface area is 127 Å². The van der Waals surface area contributed by atoms with Crippen LogP contribution in [0.3, 0.4) is 0 Å². The molecule has 0 saturated heterocycles. The summed E-state index contributed by atoms with van der Waals surface area (Å²) in [6, 6.07) is 19.5. The summed E-state index contributed by atoms with van der Waals surface area (Å²) in [5, 5.41) is 0. The lowest BCUT2D eigenvalue weighted by atomic mass is 10.2. The summed E-state index contributed by atoms with van der Waals surface area (Å²) >= 11 is 0. The predicted octanol–water partition coefficient (Wildman–Crippen LogP) is 1.98. The highest BCUT2D eigenvalue weighted by Crippen LogP contribution is 2.28. The summed E-state index contributed by atoms with van der Waals surface area (Å²) in [6.45, 7) is 0.281. The van der Waals surface area contributed by atoms with E-state index in [2.05, 4.69) is 15.0 Å². The molecule has 0 radical (unpaired) electrons. The molecule has 2 aliphatic heterocycles. The van der Waals surface area contributed by atoms with E-state index in [0.29, 0.717) is 17.6 Å². The maximum Gasteiger partial charge on any atom is 0.246 e. The highest BCUT2D eigenvalue weighted by Gasteiger charge is 2.44. The molecule has 2 aliphatic rings. The van der Waals surface area contributed by atoms with Crippen LogP contribution in [0.2, 0.25) is 0 Å². The van der Waals surface area contributed by atoms with Crippen molar-refractivity contribution in [3.63, 3.8) is 0 Å². The van der Waals surface area contributed by atoms with Crippen LogP contribution in [-0.4, -0.2) is 29.8 Å². The zero-order valence-electron chi connectivity index (χ0n) is 11.8. The number of nitrogens with zero attached hydrogens (tertiary/aromatic N) is 3. The van der Waals surface area contributed by atoms with E-state index in [1.165, 1.54) is 0 Å². The van der Waals surface area contributed by atoms with Gasteiger partial charge < -0.3 is 10.5 Å². The van der Waals surface area contributed by atoms with Crippen molar-refractivity contribution in [3.05, 3.63) is 71.8 Å². The molecule has 4 rings (SSSR count). The van der Waals surface area contributed by atoms with E-state index in [1.54, 1.807) is 0 Å². The molecular weight excluding hydrogens is 276 g/mol. The van der Waals surface area contributed by atoms with Gasteiger partial charge in [-0.3, -0.25) is 0 Å². The molecule has 2 aromatic carbocycles. The van der Waals surface area contributed by atoms with Gasteiger partial charge in [0.2, 0.25) is 11.6 Å². The first-order chi connectivity index (χ1) is 10.8. The van der Waals surface area contributed by atoms with Crippen molar-refractivity contribution in [3.8, 4) is 0 Å². The number of rotatable bonds is 2. The fourth-order valence-electron chi connectivity index (χ4n) is 2.50. The summed E-state index contributed by atoms with van der Waals surface area (Å²) in [7, 11) is 0. The van der Waals surface area contributed by atoms with E-state index >= 15 is 0 Å². The van der Waals surface area contributed by atoms with E-state index in [9.17, 15) is 0 Å². The molecule has 0 unspecified atom stereocenters. The minimum atomic E-state index is -0.920. The van der Waals surface area contributed by atoms with Gasteiger partial charge in [-0.1, -0.05) is 48.5 Å². The van der Waals surface area contributed by atoms with Crippen molar-refractivity contribution >= 4 is 17.6 Å². The van der Waals surface area contributed by atoms with Crippen LogP contribution >= 0.6 is 0 Å². The molecule has 0 fully saturated rings. The second-order valence-electron chi connectivity index (χ2n) is 5.19. The number of hydrogen-bond acceptors (Lipinski definition) is 5. The van der Waals surface area contributed by atoms with Gasteiger partial charge in [0.25, 0.3) is 0 Å². The topological polar surface area (TPSA) is 72.3 Å². The Morgan fingerprint density at radius 1 is 0.864 bits per heavy atom. The Balaban J connectivity index is 1.73. The Bertz CT molecular complexity index is 796. The second kappa shape index (κ2) is 4.80. The van der Waals surface area contributed by atoms with Gasteiger partial charge in [0.1, 0.15) is 6.61 Å². The largest absolute Gasteiger partial charge is 0.472 e. The number of ether oxygens (including phenoxy) is 1. The normalized spacial score (nSPS) is 23.0. The van der Waals surface area contributed by atoms with Crippen LogP contribution in [0.4, 0.5) is 0 Å². The molecule has 108 valence electrons. The molecule has 0 aromatic heterocycles. The third-order valence-corrected chi connectivity index (χ3v) is 3.68. The number of nitrogens with two attached hydrogens (primary N) is 1. The fourth-order valence-corrected chi connectivity index (χ4v) is 2.50. The molecule has 1 atom stereocenters. The van der Waals surface area contributed by atoms with E-state index in [0.717, 1.165) is 11.1 Å². The number of aliphatic imine (C=N–C) groups is 3. The molecule has 5 heteroatoms. The third-order valence-electron chi connectivity index (χ3n) is 3.68. The first kappa shape index (κ1) is 12.8. The summed E-state index contributed by atoms with van der Waals surface area (Å²) < 4.78 is 5.71. The van der Waals surface area contributed by atoms with Gasteiger partial charge >= 0.3 is 0 Å². The zero-order chi connectivity index (χ0) is 15.0. The molecule has 22 heavy (non-hydrogen) atoms. The number of benzene rings is 2. The summed E-state index contributed by atoms with van der Waals surface area (Å²) in [6.07, 6.45) is 0. The zero-order valence-corrected chi connectivity index (χ0v) is 11.8. The van der Waals surface area contributed by atoms with Gasteiger partial charge in [-0.05, 0) is 12.1 Å². The second-order valence-corrected chi connectivity index (χ2v) is 5.19. The van der Waals surface area contributed by atoms with E-state index in [-0.39, 0.29) is 6.61 Å². The Kier molecular flexibility index (Phi) is 2.79. The summed E-state index contributed by atoms with van der Waals surface area (Å²) in [5.74, 6) is 1.52. The molecule has 0 bridgehead atoms. The van der Waals surface area contributed by atoms with Gasteiger partial charge in [-0.25, -0.2) is 15.0 Å². The number of hydrogen-bond donors (Lipinski definition) is 1. The first-order valence-corrected chi connectivity index (χ1v) is 7.05. The van der Waals surface area contributed by atoms with Crippen LogP contribution in [0, 0.1) is 0 Å². The Morgan fingerprint density at radius 2 is 1.50 bits per heavy atom. The van der Waals surface area contributed by atoms with Crippen molar-refractivity contribution in [2.24, 2.45) is 20.7 Å². The van der Waals surface area contributed by atoms with Gasteiger partial charge in [-0.15, -0.1) is 0 Å². The quantitative estimate of drug-likeness (QED) is 0.918. The van der Waals surface area contributed by atoms with Crippen LogP contribution in [0.25, 0.3) is 0 Å². The average molecular weight is 290 g/mol. The van der Waals surface area contributed by atoms with Crippen molar-refractivity contribution in [1.29, 1.82) is 0 Å². The standard InChI is InChI=1S/C17H14N4O/c18-16-17(20-14(19-16)12-7-3-1-4-8-12)11-22-15(21-17)13-9-5-2-6-10-13/h1-10H,11H2,(H2,18,19,20)/t17-/m0/s1. The minimum absolute atomic E-state index is 0.281. The molecule has 2 aromatic rings. The lowest BCUT2D eigenvalue weighted by Gasteiger charge is -2.12. The molecule has 0 amide bonds. The fraction of sp³-hybridized carbons (Fsp3) is 0.118. The first-order valence-electron chi connectivity index (χ1n) is 7.05. The molecule has 0 saturated carbocycles. The van der Waals surface area contributed by atoms with Gasteiger partial charge in [0, 0.05) is 11.1 Å². The van der Waals surface area contributed by atoms with Crippen molar-refractivity contribution in [1.82, 2.24) is 0 Å². The highest BCUT2D eigenvalue weighted by molar-refractivity contribution is 6.15. The molecule has 5 nitrogen and oxygen atoms in total. The number of amidine groups is 2. The van der Waals surface area contributed by atoms with E-state index < -0.39 is 5.66 Å². The average Bonchev–Trinajstić information content (AvgIpc) is 3.15. The van der Waals surface area contributed by atoms with Crippen molar-refractivity contribution in [2.75, 3.05) is 6.61 Å². The van der Waals surface area contributed by atoms with Crippen LogP contribution in [0.1, 0.15) is 11.1 Å². The van der Waals surface area contributed by atoms with E-state index in [1.807, 2.05) is 60.7 Å². The highest BCUT2D eigenvalue weighted by atomic mass is 16.5. The SMILES string of the molecule is NC1=NC(c2ccccc2)=N[C@]12COC(c1ccccc1)=N2. The monoisotopic (exact) mass is 290 g/mol. The summed E-state index contributed by atoms with van der Waals surface area (Å²) in [4.78, 5) is 13.6. The molecule has 1 spiro atoms. The molecule has 0 aliphatic carbocycles. The smallest absolute Gasteiger partial charge is 0.246 e. The van der Waals surface area contributed by atoms with E-state index in [4.69, 9.17) is 10.5 Å². The lowest BCUT2D eigenvalue weighted by Crippen LogP contribution is -2.39. The van der Waals surface area contributed by atoms with Gasteiger partial charge in [0.05, 0.1) is 0 Å². The minimum Gasteiger partial charge on any atom is -0.472 e. The maximum absolute atomic E-state index is 6.09. The molecule has 2 heterocycles. The Morgan fingerprint density at radius 3 is 2.18 bits per heavy atom. The predicted molar refractivity (Wildman–Crippen MR) is 86.3 cm³/mol. The van der Waals surface area contributed by atoms with Crippen LogP contribution in [0.15, 0.2) is 75.6 Å². The van der Waals surface area contributed by atoms with Gasteiger partial charge in [0.15, 0.2) is 11.7 Å². The van der Waals surface area contributed by atoms with Crippen LogP contribution in [0.5, 0.6) is 0 Å². The third kappa shape index (κ3) is 1.98. The van der Waals surface area contributed by atoms with Gasteiger partial charge in [-0.2, -0.15) is 0 Å².